The largest absolute Gasteiger partial charge is 0.490 e. The van der Waals surface area contributed by atoms with Crippen molar-refractivity contribution in [3.05, 3.63) is 17.7 Å². The fourth-order valence-electron chi connectivity index (χ4n) is 7.03. The predicted octanol–water partition coefficient (Wildman–Crippen LogP) is 15.1. The second-order valence-corrected chi connectivity index (χ2v) is 15.8. The van der Waals surface area contributed by atoms with Crippen LogP contribution >= 0.6 is 0 Å². The lowest BCUT2D eigenvalue weighted by Crippen LogP contribution is -2.24. The van der Waals surface area contributed by atoms with E-state index in [1.165, 1.54) is 161 Å². The van der Waals surface area contributed by atoms with Gasteiger partial charge < -0.3 is 19.5 Å². The highest BCUT2D eigenvalue weighted by Gasteiger charge is 2.19. The normalized spacial score (nSPS) is 11.1. The number of amides is 1. The molecule has 0 heterocycles. The minimum absolute atomic E-state index is 0.107. The molecule has 54 heavy (non-hydrogen) atoms. The van der Waals surface area contributed by atoms with Gasteiger partial charge in [0.15, 0.2) is 11.5 Å². The van der Waals surface area contributed by atoms with E-state index in [1.54, 1.807) is 0 Å². The Balaban J connectivity index is 2.85. The first kappa shape index (κ1) is 49.7. The van der Waals surface area contributed by atoms with Crippen LogP contribution in [-0.2, 0) is 0 Å². The zero-order chi connectivity index (χ0) is 39.0. The van der Waals surface area contributed by atoms with Gasteiger partial charge in [0.1, 0.15) is 0 Å². The van der Waals surface area contributed by atoms with Crippen LogP contribution in [0, 0.1) is 12.3 Å². The van der Waals surface area contributed by atoms with Crippen molar-refractivity contribution in [2.24, 2.45) is 0 Å². The molecule has 1 aromatic carbocycles. The fraction of sp³-hybridized carbons (Fsp3) is 0.816. The minimum atomic E-state index is -0.107. The van der Waals surface area contributed by atoms with Crippen LogP contribution in [0.3, 0.4) is 0 Å². The first-order chi connectivity index (χ1) is 26.7. The molecule has 0 fully saturated rings. The molecule has 0 spiro atoms. The molecule has 1 aromatic rings. The third kappa shape index (κ3) is 29.0. The molecule has 0 aromatic heterocycles. The average molecular weight is 754 g/mol. The summed E-state index contributed by atoms with van der Waals surface area (Å²) in [5.41, 5.74) is 0.564. The van der Waals surface area contributed by atoms with Crippen molar-refractivity contribution < 1.29 is 19.0 Å². The molecule has 0 atom stereocenters. The number of ether oxygens (including phenoxy) is 3. The Morgan fingerprint density at radius 2 is 0.815 bits per heavy atom. The molecular formula is C49H87NO4. The molecule has 0 unspecified atom stereocenters. The summed E-state index contributed by atoms with van der Waals surface area (Å²) in [5, 5.41) is 3.09. The number of nitrogens with one attached hydrogen (secondary N) is 1. The van der Waals surface area contributed by atoms with Gasteiger partial charge in [0.25, 0.3) is 5.91 Å². The van der Waals surface area contributed by atoms with Gasteiger partial charge in [0.2, 0.25) is 5.75 Å². The maximum absolute atomic E-state index is 13.4. The zero-order valence-electron chi connectivity index (χ0n) is 36.0. The molecule has 0 radical (unpaired) electrons. The standard InChI is InChI=1S/C49H87NO4/c1-5-9-13-17-20-23-26-29-32-36-40-52-46-43-45(49(51)50-39-35-16-12-8-4)44-47(53-41-37-33-30-27-24-21-18-14-10-6-2)48(46)54-42-38-34-31-28-25-22-19-15-11-7-3/h4,43-44H,5-7,9-42H2,1-3H3,(H,50,51). The molecule has 312 valence electrons. The van der Waals surface area contributed by atoms with Gasteiger partial charge in [-0.1, -0.05) is 194 Å². The highest BCUT2D eigenvalue weighted by molar-refractivity contribution is 5.95. The second kappa shape index (κ2) is 38.9. The molecule has 1 rings (SSSR count). The van der Waals surface area contributed by atoms with Crippen molar-refractivity contribution in [2.45, 2.75) is 233 Å². The Hall–Kier alpha value is -2.35. The topological polar surface area (TPSA) is 56.8 Å². The molecule has 0 bridgehead atoms. The van der Waals surface area contributed by atoms with Crippen LogP contribution in [-0.4, -0.2) is 32.3 Å². The average Bonchev–Trinajstić information content (AvgIpc) is 3.18. The SMILES string of the molecule is C#CCCCCNC(=O)c1cc(OCCCCCCCCCCCC)c(OCCCCCCCCCCCC)c(OCCCCCCCCCCCC)c1. The van der Waals surface area contributed by atoms with E-state index in [1.807, 2.05) is 12.1 Å². The van der Waals surface area contributed by atoms with E-state index in [4.69, 9.17) is 20.6 Å². The number of carbonyl (C=O) groups excluding carboxylic acids is 1. The third-order valence-corrected chi connectivity index (χ3v) is 10.6. The number of hydrogen-bond donors (Lipinski definition) is 1. The highest BCUT2D eigenvalue weighted by Crippen LogP contribution is 2.40. The van der Waals surface area contributed by atoms with Crippen LogP contribution in [0.1, 0.15) is 243 Å². The van der Waals surface area contributed by atoms with Gasteiger partial charge in [0, 0.05) is 18.5 Å². The van der Waals surface area contributed by atoms with Crippen LogP contribution in [0.4, 0.5) is 0 Å². The molecule has 1 amide bonds. The van der Waals surface area contributed by atoms with E-state index in [2.05, 4.69) is 32.0 Å². The summed E-state index contributed by atoms with van der Waals surface area (Å²) in [5.74, 6) is 4.51. The first-order valence-corrected chi connectivity index (χ1v) is 23.5. The fourth-order valence-corrected chi connectivity index (χ4v) is 7.03. The van der Waals surface area contributed by atoms with Crippen LogP contribution in [0.2, 0.25) is 0 Å². The minimum Gasteiger partial charge on any atom is -0.490 e. The summed E-state index contributed by atoms with van der Waals surface area (Å²) < 4.78 is 19.4. The van der Waals surface area contributed by atoms with E-state index < -0.39 is 0 Å². The van der Waals surface area contributed by atoms with E-state index in [0.717, 1.165) is 51.4 Å². The molecule has 5 nitrogen and oxygen atoms in total. The summed E-state index contributed by atoms with van der Waals surface area (Å²) in [6.07, 6.45) is 46.4. The maximum atomic E-state index is 13.4. The Morgan fingerprint density at radius 3 is 1.17 bits per heavy atom. The van der Waals surface area contributed by atoms with Gasteiger partial charge in [-0.25, -0.2) is 0 Å². The lowest BCUT2D eigenvalue weighted by Gasteiger charge is -2.19. The maximum Gasteiger partial charge on any atom is 0.251 e. The van der Waals surface area contributed by atoms with E-state index >= 15 is 0 Å². The van der Waals surface area contributed by atoms with Gasteiger partial charge in [-0.2, -0.15) is 0 Å². The summed E-state index contributed by atoms with van der Waals surface area (Å²) in [4.78, 5) is 13.4. The Labute approximate surface area is 335 Å². The predicted molar refractivity (Wildman–Crippen MR) is 233 cm³/mol. The van der Waals surface area contributed by atoms with Crippen molar-refractivity contribution in [2.75, 3.05) is 26.4 Å². The highest BCUT2D eigenvalue weighted by atomic mass is 16.5. The van der Waals surface area contributed by atoms with Gasteiger partial charge >= 0.3 is 0 Å². The molecule has 5 heteroatoms. The Bertz CT molecular complexity index is 970. The monoisotopic (exact) mass is 754 g/mol. The molecule has 0 aliphatic rings. The molecule has 0 saturated heterocycles. The molecule has 0 aliphatic carbocycles. The van der Waals surface area contributed by atoms with E-state index in [0.29, 0.717) is 49.2 Å². The Morgan fingerprint density at radius 1 is 0.481 bits per heavy atom. The number of hydrogen-bond acceptors (Lipinski definition) is 4. The lowest BCUT2D eigenvalue weighted by atomic mass is 10.1. The first-order valence-electron chi connectivity index (χ1n) is 23.5. The summed E-state index contributed by atoms with van der Waals surface area (Å²) >= 11 is 0. The van der Waals surface area contributed by atoms with Crippen molar-refractivity contribution in [3.63, 3.8) is 0 Å². The van der Waals surface area contributed by atoms with E-state index in [9.17, 15) is 4.79 Å². The van der Waals surface area contributed by atoms with Crippen molar-refractivity contribution in [1.29, 1.82) is 0 Å². The van der Waals surface area contributed by atoms with Crippen LogP contribution < -0.4 is 19.5 Å². The van der Waals surface area contributed by atoms with Crippen molar-refractivity contribution in [3.8, 4) is 29.6 Å². The smallest absolute Gasteiger partial charge is 0.251 e. The van der Waals surface area contributed by atoms with Gasteiger partial charge in [0.05, 0.1) is 19.8 Å². The third-order valence-electron chi connectivity index (χ3n) is 10.6. The summed E-state index contributed by atoms with van der Waals surface area (Å²) in [6, 6.07) is 3.74. The molecule has 1 N–H and O–H groups in total. The van der Waals surface area contributed by atoms with E-state index in [-0.39, 0.29) is 5.91 Å². The number of terminal acetylenes is 1. The zero-order valence-corrected chi connectivity index (χ0v) is 36.0. The van der Waals surface area contributed by atoms with Crippen LogP contribution in [0.15, 0.2) is 12.1 Å². The van der Waals surface area contributed by atoms with Crippen LogP contribution in [0.5, 0.6) is 17.2 Å². The number of carbonyl (C=O) groups is 1. The number of benzene rings is 1. The lowest BCUT2D eigenvalue weighted by molar-refractivity contribution is 0.0951. The quantitative estimate of drug-likeness (QED) is 0.0534. The second-order valence-electron chi connectivity index (χ2n) is 15.8. The van der Waals surface area contributed by atoms with Gasteiger partial charge in [-0.3, -0.25) is 4.79 Å². The summed E-state index contributed by atoms with van der Waals surface area (Å²) in [6.45, 7) is 9.28. The number of unbranched alkanes of at least 4 members (excludes halogenated alkanes) is 29. The van der Waals surface area contributed by atoms with Crippen LogP contribution in [0.25, 0.3) is 0 Å². The number of rotatable bonds is 41. The van der Waals surface area contributed by atoms with Gasteiger partial charge in [-0.05, 0) is 44.2 Å². The molecule has 0 saturated carbocycles. The van der Waals surface area contributed by atoms with Crippen molar-refractivity contribution >= 4 is 5.91 Å². The summed E-state index contributed by atoms with van der Waals surface area (Å²) in [7, 11) is 0. The molecular weight excluding hydrogens is 667 g/mol. The Kier molecular flexibility index (Phi) is 35.8. The van der Waals surface area contributed by atoms with Gasteiger partial charge in [-0.15, -0.1) is 12.3 Å². The molecule has 0 aliphatic heterocycles. The van der Waals surface area contributed by atoms with Crippen molar-refractivity contribution in [1.82, 2.24) is 5.32 Å².